The van der Waals surface area contributed by atoms with E-state index in [1.54, 1.807) is 49.4 Å². The predicted octanol–water partition coefficient (Wildman–Crippen LogP) is 7.44. The van der Waals surface area contributed by atoms with Gasteiger partial charge < -0.3 is 24.8 Å². The lowest BCUT2D eigenvalue weighted by Gasteiger charge is -2.28. The fourth-order valence-corrected chi connectivity index (χ4v) is 5.80. The van der Waals surface area contributed by atoms with Crippen LogP contribution in [0.15, 0.2) is 78.9 Å². The molecule has 3 N–H and O–H groups in total. The number of halogens is 3. The number of carbonyl (C=O) groups excluding carboxylic acids is 1. The smallest absolute Gasteiger partial charge is 0.303 e. The Bertz CT molecular complexity index is 1910. The molecule has 0 aliphatic carbocycles. The molecule has 0 saturated heterocycles. The van der Waals surface area contributed by atoms with Crippen LogP contribution in [0.25, 0.3) is 0 Å². The third-order valence-corrected chi connectivity index (χ3v) is 8.35. The zero-order chi connectivity index (χ0) is 36.3. The number of benzene rings is 4. The molecule has 10 nitrogen and oxygen atoms in total. The summed E-state index contributed by atoms with van der Waals surface area (Å²) < 4.78 is 66.6. The Hall–Kier alpha value is -4.88. The van der Waals surface area contributed by atoms with Gasteiger partial charge in [-0.25, -0.2) is 17.2 Å². The number of carbonyl (C=O) groups is 2. The van der Waals surface area contributed by atoms with Gasteiger partial charge in [0.25, 0.3) is 0 Å². The third kappa shape index (κ3) is 11.9. The summed E-state index contributed by atoms with van der Waals surface area (Å²) in [5.74, 6) is -1.10. The molecule has 0 radical (unpaired) electrons. The molecule has 0 aliphatic heterocycles. The van der Waals surface area contributed by atoms with Crippen molar-refractivity contribution in [2.75, 3.05) is 29.0 Å². The van der Waals surface area contributed by atoms with Gasteiger partial charge in [-0.3, -0.25) is 14.3 Å². The van der Waals surface area contributed by atoms with Crippen molar-refractivity contribution in [3.05, 3.63) is 112 Å². The Morgan fingerprint density at radius 2 is 1.66 bits per heavy atom. The molecule has 0 bridgehead atoms. The van der Waals surface area contributed by atoms with Gasteiger partial charge in [0.15, 0.2) is 0 Å². The van der Waals surface area contributed by atoms with Crippen LogP contribution in [0.1, 0.15) is 42.4 Å². The Balaban J connectivity index is 1.42. The number of carboxylic acid groups (broad SMARTS) is 1. The molecule has 0 heterocycles. The molecule has 266 valence electrons. The highest BCUT2D eigenvalue weighted by molar-refractivity contribution is 7.92. The fraction of sp³-hybridized carbons (Fsp3) is 0.278. The zero-order valence-corrected chi connectivity index (χ0v) is 29.1. The van der Waals surface area contributed by atoms with Gasteiger partial charge in [0.2, 0.25) is 15.9 Å². The fourth-order valence-electron chi connectivity index (χ4n) is 5.01. The summed E-state index contributed by atoms with van der Waals surface area (Å²) in [5, 5.41) is 11.7. The molecular formula is C36H38ClF2N3O7S. The van der Waals surface area contributed by atoms with Crippen molar-refractivity contribution >= 4 is 44.9 Å². The summed E-state index contributed by atoms with van der Waals surface area (Å²) in [6.07, 6.45) is 2.06. The molecule has 1 amide bonds. The van der Waals surface area contributed by atoms with Crippen LogP contribution in [-0.2, 0) is 32.7 Å². The maximum absolute atomic E-state index is 14.7. The van der Waals surface area contributed by atoms with Crippen molar-refractivity contribution in [2.45, 2.75) is 45.7 Å². The van der Waals surface area contributed by atoms with Gasteiger partial charge >= 0.3 is 5.97 Å². The highest BCUT2D eigenvalue weighted by Crippen LogP contribution is 2.33. The Morgan fingerprint density at radius 1 is 0.920 bits per heavy atom. The number of anilines is 2. The first-order chi connectivity index (χ1) is 23.8. The van der Waals surface area contributed by atoms with Crippen LogP contribution in [0.4, 0.5) is 20.2 Å². The molecule has 0 saturated carbocycles. The zero-order valence-electron chi connectivity index (χ0n) is 27.5. The third-order valence-electron chi connectivity index (χ3n) is 7.45. The number of aliphatic carboxylic acids is 1. The largest absolute Gasteiger partial charge is 0.492 e. The van der Waals surface area contributed by atoms with E-state index < -0.39 is 27.6 Å². The minimum Gasteiger partial charge on any atom is -0.492 e. The van der Waals surface area contributed by atoms with Crippen molar-refractivity contribution in [1.29, 1.82) is 0 Å². The number of hydrogen-bond acceptors (Lipinski definition) is 7. The molecule has 4 aromatic carbocycles. The van der Waals surface area contributed by atoms with Gasteiger partial charge in [0, 0.05) is 55.9 Å². The second-order valence-electron chi connectivity index (χ2n) is 11.6. The van der Waals surface area contributed by atoms with Gasteiger partial charge in [0.1, 0.15) is 28.9 Å². The van der Waals surface area contributed by atoms with E-state index in [2.05, 4.69) is 10.0 Å². The van der Waals surface area contributed by atoms with E-state index in [9.17, 15) is 26.8 Å². The number of nitrogens with one attached hydrogen (secondary N) is 2. The van der Waals surface area contributed by atoms with Gasteiger partial charge in [0.05, 0.1) is 23.6 Å². The predicted molar refractivity (Wildman–Crippen MR) is 188 cm³/mol. The SMILES string of the molecule is Cc1c(NS(C)(=O)=O)cccc1N(Cc1ccc(Oc2ccc(Cl)c(OCCCC(=O)NCCCC(=O)O)c2)cc1)Cc1ccc(F)cc1F. The molecule has 4 aromatic rings. The molecular weight excluding hydrogens is 692 g/mol. The van der Waals surface area contributed by atoms with Crippen LogP contribution >= 0.6 is 11.6 Å². The Morgan fingerprint density at radius 3 is 2.36 bits per heavy atom. The minimum atomic E-state index is -3.55. The van der Waals surface area contributed by atoms with E-state index in [-0.39, 0.29) is 37.5 Å². The maximum atomic E-state index is 14.7. The molecule has 50 heavy (non-hydrogen) atoms. The number of amides is 1. The Labute approximate surface area is 295 Å². The van der Waals surface area contributed by atoms with Crippen molar-refractivity contribution in [2.24, 2.45) is 0 Å². The first kappa shape index (κ1) is 37.9. The number of carboxylic acids is 1. The molecule has 0 aromatic heterocycles. The first-order valence-corrected chi connectivity index (χ1v) is 18.0. The molecule has 0 fully saturated rings. The van der Waals surface area contributed by atoms with E-state index in [1.807, 2.05) is 23.1 Å². The number of nitrogens with zero attached hydrogens (tertiary/aromatic N) is 1. The van der Waals surface area contributed by atoms with Gasteiger partial charge in [-0.15, -0.1) is 0 Å². The summed E-state index contributed by atoms with van der Waals surface area (Å²) in [5.41, 5.74) is 2.79. The van der Waals surface area contributed by atoms with Crippen LogP contribution < -0.4 is 24.4 Å². The number of rotatable bonds is 18. The number of ether oxygens (including phenoxy) is 2. The van der Waals surface area contributed by atoms with Crippen LogP contribution in [0.3, 0.4) is 0 Å². The first-order valence-electron chi connectivity index (χ1n) is 15.7. The van der Waals surface area contributed by atoms with E-state index in [0.717, 1.165) is 17.9 Å². The van der Waals surface area contributed by atoms with E-state index in [4.69, 9.17) is 26.2 Å². The van der Waals surface area contributed by atoms with E-state index in [0.29, 0.717) is 65.1 Å². The van der Waals surface area contributed by atoms with Gasteiger partial charge in [-0.2, -0.15) is 0 Å². The molecule has 0 aliphatic rings. The van der Waals surface area contributed by atoms with Crippen LogP contribution in [0, 0.1) is 18.6 Å². The van der Waals surface area contributed by atoms with Gasteiger partial charge in [-0.1, -0.05) is 35.9 Å². The van der Waals surface area contributed by atoms with E-state index in [1.165, 1.54) is 12.1 Å². The van der Waals surface area contributed by atoms with E-state index >= 15 is 0 Å². The van der Waals surface area contributed by atoms with Gasteiger partial charge in [-0.05, 0) is 73.4 Å². The summed E-state index contributed by atoms with van der Waals surface area (Å²) in [4.78, 5) is 24.4. The Kier molecular flexibility index (Phi) is 13.4. The lowest BCUT2D eigenvalue weighted by Crippen LogP contribution is -2.25. The minimum absolute atomic E-state index is 0.00649. The quantitative estimate of drug-likeness (QED) is 0.0901. The monoisotopic (exact) mass is 729 g/mol. The average Bonchev–Trinajstić information content (AvgIpc) is 3.05. The number of sulfonamides is 1. The summed E-state index contributed by atoms with van der Waals surface area (Å²) in [7, 11) is -3.55. The standard InChI is InChI=1S/C36H38ClF2N3O7S/c1-24-32(41-50(2,46)47)6-3-7-33(24)42(23-26-12-13-27(38)20-31(26)39)22-25-10-14-28(15-11-25)49-29-16-17-30(37)34(21-29)48-19-5-8-35(43)40-18-4-9-36(44)45/h3,6-7,10-17,20-21,41H,4-5,8-9,18-19,22-23H2,1-2H3,(H,40,43)(H,44,45). The molecule has 4 rings (SSSR count). The number of hydrogen-bond donors (Lipinski definition) is 3. The molecule has 0 spiro atoms. The maximum Gasteiger partial charge on any atom is 0.303 e. The lowest BCUT2D eigenvalue weighted by atomic mass is 10.1. The summed E-state index contributed by atoms with van der Waals surface area (Å²) >= 11 is 6.31. The van der Waals surface area contributed by atoms with Crippen LogP contribution in [0.5, 0.6) is 17.2 Å². The topological polar surface area (TPSA) is 134 Å². The highest BCUT2D eigenvalue weighted by Gasteiger charge is 2.17. The normalized spacial score (nSPS) is 11.1. The van der Waals surface area contributed by atoms with Crippen molar-refractivity contribution in [3.63, 3.8) is 0 Å². The average molecular weight is 730 g/mol. The summed E-state index contributed by atoms with van der Waals surface area (Å²) in [6, 6.07) is 20.8. The highest BCUT2D eigenvalue weighted by atomic mass is 35.5. The molecule has 0 atom stereocenters. The molecule has 0 unspecified atom stereocenters. The summed E-state index contributed by atoms with van der Waals surface area (Å²) in [6.45, 7) is 2.68. The second kappa shape index (κ2) is 17.7. The van der Waals surface area contributed by atoms with Crippen LogP contribution in [0.2, 0.25) is 5.02 Å². The second-order valence-corrected chi connectivity index (χ2v) is 13.7. The van der Waals surface area contributed by atoms with Crippen molar-refractivity contribution < 1.29 is 41.4 Å². The van der Waals surface area contributed by atoms with Crippen molar-refractivity contribution in [3.8, 4) is 17.2 Å². The van der Waals surface area contributed by atoms with Crippen molar-refractivity contribution in [1.82, 2.24) is 5.32 Å². The lowest BCUT2D eigenvalue weighted by molar-refractivity contribution is -0.137. The van der Waals surface area contributed by atoms with Crippen LogP contribution in [-0.4, -0.2) is 44.8 Å². The molecule has 14 heteroatoms.